The van der Waals surface area contributed by atoms with Crippen molar-refractivity contribution in [3.05, 3.63) is 64.7 Å². The number of rotatable bonds is 8. The van der Waals surface area contributed by atoms with Gasteiger partial charge in [-0.25, -0.2) is 0 Å². The van der Waals surface area contributed by atoms with Crippen molar-refractivity contribution in [3.8, 4) is 17.0 Å². The van der Waals surface area contributed by atoms with E-state index in [1.807, 2.05) is 4.90 Å². The molecule has 1 aromatic heterocycles. The molecule has 50 heavy (non-hydrogen) atoms. The standard InChI is InChI=1S/C35H39ClF3N7O4/c36-23-4-7-25(26(17-23)21-2-1-3-22(16-21)31(47)46-14-12-44(13-15-46)24-5-6-24)30(35(37,38)39)50-29-18-28(42-33(40)43-29)45-10-8-34(9-11-45)19-27(32(48)49)41-20-34/h1-4,7,16-18,24,27,30,41H,5-6,8-15,19-20H2,(H,48,49)(H2,40,42,43)/t27?,30-/m1/s1. The van der Waals surface area contributed by atoms with E-state index in [0.717, 1.165) is 13.1 Å². The van der Waals surface area contributed by atoms with E-state index in [1.165, 1.54) is 37.1 Å². The van der Waals surface area contributed by atoms with Crippen LogP contribution in [0.2, 0.25) is 5.02 Å². The summed E-state index contributed by atoms with van der Waals surface area (Å²) in [4.78, 5) is 39.3. The third-order valence-corrected chi connectivity index (χ3v) is 10.7. The number of halogens is 4. The molecule has 4 N–H and O–H groups in total. The third-order valence-electron chi connectivity index (χ3n) is 10.4. The monoisotopic (exact) mass is 713 g/mol. The highest BCUT2D eigenvalue weighted by molar-refractivity contribution is 6.30. The number of benzene rings is 2. The van der Waals surface area contributed by atoms with Crippen molar-refractivity contribution in [2.45, 2.75) is 56.5 Å². The van der Waals surface area contributed by atoms with Gasteiger partial charge in [-0.2, -0.15) is 23.1 Å². The van der Waals surface area contributed by atoms with Gasteiger partial charge in [-0.3, -0.25) is 14.5 Å². The molecular weight excluding hydrogens is 675 g/mol. The Kier molecular flexibility index (Phi) is 9.29. The first-order valence-electron chi connectivity index (χ1n) is 16.9. The molecule has 2 aromatic carbocycles. The summed E-state index contributed by atoms with van der Waals surface area (Å²) in [6.07, 6.45) is -3.05. The molecule has 3 aliphatic heterocycles. The molecule has 7 rings (SSSR count). The van der Waals surface area contributed by atoms with Gasteiger partial charge in [0.25, 0.3) is 5.91 Å². The molecule has 2 atom stereocenters. The molecule has 4 aliphatic rings. The minimum Gasteiger partial charge on any atom is -0.480 e. The Balaban J connectivity index is 1.12. The molecular formula is C35H39ClF3N7O4. The Morgan fingerprint density at radius 1 is 1.02 bits per heavy atom. The number of nitrogen functional groups attached to an aromatic ring is 1. The zero-order valence-electron chi connectivity index (χ0n) is 27.3. The Bertz CT molecular complexity index is 1760. The summed E-state index contributed by atoms with van der Waals surface area (Å²) in [7, 11) is 0. The number of alkyl halides is 3. The summed E-state index contributed by atoms with van der Waals surface area (Å²) in [6, 6.07) is 12.0. The third kappa shape index (κ3) is 7.33. The smallest absolute Gasteiger partial charge is 0.429 e. The van der Waals surface area contributed by atoms with Crippen LogP contribution in [-0.4, -0.2) is 101 Å². The zero-order chi connectivity index (χ0) is 35.2. The Morgan fingerprint density at radius 3 is 2.42 bits per heavy atom. The van der Waals surface area contributed by atoms with Crippen LogP contribution >= 0.6 is 11.6 Å². The first kappa shape index (κ1) is 34.3. The van der Waals surface area contributed by atoms with Crippen molar-refractivity contribution in [2.24, 2.45) is 5.41 Å². The van der Waals surface area contributed by atoms with Crippen LogP contribution < -0.4 is 20.7 Å². The van der Waals surface area contributed by atoms with Crippen molar-refractivity contribution < 1.29 is 32.6 Å². The zero-order valence-corrected chi connectivity index (χ0v) is 28.1. The van der Waals surface area contributed by atoms with Crippen molar-refractivity contribution in [2.75, 3.05) is 56.4 Å². The van der Waals surface area contributed by atoms with E-state index < -0.39 is 24.3 Å². The second-order valence-corrected chi connectivity index (χ2v) is 14.2. The SMILES string of the molecule is Nc1nc(O[C@H](c2ccc(Cl)cc2-c2cccc(C(=O)N3CCN(C4CC4)CC3)c2)C(F)(F)F)cc(N2CCC3(CC2)CNC(C(=O)O)C3)n1. The largest absolute Gasteiger partial charge is 0.480 e. The predicted octanol–water partition coefficient (Wildman–Crippen LogP) is 5.01. The minimum atomic E-state index is -4.87. The van der Waals surface area contributed by atoms with Crippen molar-refractivity contribution >= 4 is 35.2 Å². The molecule has 3 saturated heterocycles. The van der Waals surface area contributed by atoms with Crippen LogP contribution in [0.15, 0.2) is 48.5 Å². The molecule has 15 heteroatoms. The molecule has 0 bridgehead atoms. The van der Waals surface area contributed by atoms with Gasteiger partial charge in [0, 0.05) is 74.1 Å². The summed E-state index contributed by atoms with van der Waals surface area (Å²) in [5, 5.41) is 12.7. The Labute approximate surface area is 292 Å². The number of carbonyl (C=O) groups excluding carboxylic acids is 1. The molecule has 1 aliphatic carbocycles. The average Bonchev–Trinajstić information content (AvgIpc) is 3.87. The number of nitrogens with one attached hydrogen (secondary N) is 1. The number of amides is 1. The first-order chi connectivity index (χ1) is 23.9. The normalized spacial score (nSPS) is 21.7. The lowest BCUT2D eigenvalue weighted by Gasteiger charge is -2.39. The number of aliphatic carboxylic acids is 1. The predicted molar refractivity (Wildman–Crippen MR) is 181 cm³/mol. The number of nitrogens with zero attached hydrogens (tertiary/aromatic N) is 5. The van der Waals surface area contributed by atoms with Crippen LogP contribution in [0.3, 0.4) is 0 Å². The van der Waals surface area contributed by atoms with E-state index in [4.69, 9.17) is 22.1 Å². The van der Waals surface area contributed by atoms with Gasteiger partial charge in [0.1, 0.15) is 11.9 Å². The van der Waals surface area contributed by atoms with Gasteiger partial charge >= 0.3 is 12.1 Å². The number of anilines is 2. The number of aromatic nitrogens is 2. The van der Waals surface area contributed by atoms with Crippen LogP contribution in [0, 0.1) is 5.41 Å². The average molecular weight is 714 g/mol. The summed E-state index contributed by atoms with van der Waals surface area (Å²) in [6.45, 7) is 4.41. The maximum atomic E-state index is 14.9. The molecule has 0 radical (unpaired) electrons. The quantitative estimate of drug-likeness (QED) is 0.292. The number of ether oxygens (including phenoxy) is 1. The molecule has 1 saturated carbocycles. The fourth-order valence-electron chi connectivity index (χ4n) is 7.50. The summed E-state index contributed by atoms with van der Waals surface area (Å²) in [5.74, 6) is -1.32. The van der Waals surface area contributed by atoms with E-state index in [2.05, 4.69) is 20.2 Å². The molecule has 4 heterocycles. The molecule has 1 unspecified atom stereocenters. The second-order valence-electron chi connectivity index (χ2n) is 13.8. The lowest BCUT2D eigenvalue weighted by Crippen LogP contribution is -2.49. The lowest BCUT2D eigenvalue weighted by atomic mass is 9.76. The number of hydrogen-bond donors (Lipinski definition) is 3. The first-order valence-corrected chi connectivity index (χ1v) is 17.3. The summed E-state index contributed by atoms with van der Waals surface area (Å²) >= 11 is 6.33. The van der Waals surface area contributed by atoms with Gasteiger partial charge in [0.05, 0.1) is 0 Å². The number of carboxylic acid groups (broad SMARTS) is 1. The molecule has 3 aromatic rings. The fraction of sp³-hybridized carbons (Fsp3) is 0.486. The minimum absolute atomic E-state index is 0.168. The number of carbonyl (C=O) groups is 2. The van der Waals surface area contributed by atoms with Gasteiger partial charge < -0.3 is 30.7 Å². The van der Waals surface area contributed by atoms with Crippen molar-refractivity contribution in [3.63, 3.8) is 0 Å². The van der Waals surface area contributed by atoms with E-state index >= 15 is 0 Å². The van der Waals surface area contributed by atoms with Gasteiger partial charge in [-0.15, -0.1) is 0 Å². The van der Waals surface area contributed by atoms with E-state index in [1.54, 1.807) is 29.2 Å². The second kappa shape index (κ2) is 13.5. The Morgan fingerprint density at radius 2 is 1.76 bits per heavy atom. The number of hydrogen-bond acceptors (Lipinski definition) is 9. The summed E-state index contributed by atoms with van der Waals surface area (Å²) < 4.78 is 50.3. The topological polar surface area (TPSA) is 137 Å². The number of piperidine rings is 1. The van der Waals surface area contributed by atoms with Crippen LogP contribution in [0.1, 0.15) is 54.1 Å². The van der Waals surface area contributed by atoms with Crippen LogP contribution in [-0.2, 0) is 4.79 Å². The maximum absolute atomic E-state index is 14.9. The van der Waals surface area contributed by atoms with Gasteiger partial charge in [0.15, 0.2) is 0 Å². The fourth-order valence-corrected chi connectivity index (χ4v) is 7.67. The number of carboxylic acids is 1. The highest BCUT2D eigenvalue weighted by Crippen LogP contribution is 2.44. The van der Waals surface area contributed by atoms with Crippen molar-refractivity contribution in [1.82, 2.24) is 25.1 Å². The Hall–Kier alpha value is -4.14. The lowest BCUT2D eigenvalue weighted by molar-refractivity contribution is -0.198. The number of nitrogens with two attached hydrogens (primary N) is 1. The molecule has 11 nitrogen and oxygen atoms in total. The van der Waals surface area contributed by atoms with Crippen molar-refractivity contribution in [1.29, 1.82) is 0 Å². The van der Waals surface area contributed by atoms with Crippen LogP contribution in [0.25, 0.3) is 11.1 Å². The highest BCUT2D eigenvalue weighted by Gasteiger charge is 2.46. The van der Waals surface area contributed by atoms with Gasteiger partial charge in [-0.05, 0) is 72.9 Å². The molecule has 4 fully saturated rings. The van der Waals surface area contributed by atoms with Crippen LogP contribution in [0.5, 0.6) is 5.88 Å². The van der Waals surface area contributed by atoms with E-state index in [0.29, 0.717) is 75.0 Å². The van der Waals surface area contributed by atoms with Gasteiger partial charge in [-0.1, -0.05) is 29.8 Å². The highest BCUT2D eigenvalue weighted by atomic mass is 35.5. The molecule has 1 spiro atoms. The van der Waals surface area contributed by atoms with E-state index in [-0.39, 0.29) is 39.3 Å². The number of piperazine rings is 1. The maximum Gasteiger partial charge on any atom is 0.429 e. The summed E-state index contributed by atoms with van der Waals surface area (Å²) in [5.41, 5.74) is 6.55. The van der Waals surface area contributed by atoms with Crippen LogP contribution in [0.4, 0.5) is 24.9 Å². The van der Waals surface area contributed by atoms with Gasteiger partial charge in [0.2, 0.25) is 17.9 Å². The molecule has 1 amide bonds. The molecule has 266 valence electrons. The van der Waals surface area contributed by atoms with E-state index in [9.17, 15) is 27.9 Å².